The van der Waals surface area contributed by atoms with Gasteiger partial charge in [0.05, 0.1) is 5.57 Å². The number of hydrogen-bond acceptors (Lipinski definition) is 4. The summed E-state index contributed by atoms with van der Waals surface area (Å²) in [5, 5.41) is 27.8. The van der Waals surface area contributed by atoms with Crippen LogP contribution in [-0.4, -0.2) is 16.0 Å². The van der Waals surface area contributed by atoms with Crippen LogP contribution in [-0.2, 0) is 11.2 Å². The second-order valence-electron chi connectivity index (χ2n) is 4.50. The minimum atomic E-state index is -0.295. The maximum atomic E-state index is 12.1. The van der Waals surface area contributed by atoms with Gasteiger partial charge in [0.25, 0.3) is 0 Å². The molecule has 0 aliphatic carbocycles. The van der Waals surface area contributed by atoms with E-state index in [1.165, 1.54) is 24.3 Å². The van der Waals surface area contributed by atoms with Crippen LogP contribution in [0.5, 0.6) is 11.5 Å². The highest BCUT2D eigenvalue weighted by Gasteiger charge is 2.10. The predicted octanol–water partition coefficient (Wildman–Crippen LogP) is 2.82. The highest BCUT2D eigenvalue weighted by atomic mass is 16.3. The predicted molar refractivity (Wildman–Crippen MR) is 78.5 cm³/mol. The summed E-state index contributed by atoms with van der Waals surface area (Å²) in [6.07, 6.45) is 1.54. The molecule has 0 radical (unpaired) electrons. The van der Waals surface area contributed by atoms with Crippen LogP contribution < -0.4 is 0 Å². The van der Waals surface area contributed by atoms with Gasteiger partial charge in [0.1, 0.15) is 6.07 Å². The SMILES string of the molecule is N#C/C(=C\c1ccc(O)c(O)c1)C(=O)Cc1ccccc1. The number of ketones is 1. The van der Waals surface area contributed by atoms with Gasteiger partial charge in [0.15, 0.2) is 17.3 Å². The van der Waals surface area contributed by atoms with Gasteiger partial charge < -0.3 is 10.2 Å². The van der Waals surface area contributed by atoms with Crippen molar-refractivity contribution in [3.63, 3.8) is 0 Å². The minimum absolute atomic E-state index is 0.00365. The first kappa shape index (κ1) is 14.4. The maximum Gasteiger partial charge on any atom is 0.177 e. The molecule has 0 aliphatic heterocycles. The highest BCUT2D eigenvalue weighted by Crippen LogP contribution is 2.26. The number of phenols is 2. The van der Waals surface area contributed by atoms with E-state index in [-0.39, 0.29) is 29.3 Å². The summed E-state index contributed by atoms with van der Waals surface area (Å²) in [4.78, 5) is 12.1. The summed E-state index contributed by atoms with van der Waals surface area (Å²) in [6, 6.07) is 15.1. The van der Waals surface area contributed by atoms with Crippen molar-refractivity contribution in [3.8, 4) is 17.6 Å². The van der Waals surface area contributed by atoms with E-state index >= 15 is 0 Å². The van der Waals surface area contributed by atoms with Gasteiger partial charge in [-0.1, -0.05) is 36.4 Å². The van der Waals surface area contributed by atoms with Gasteiger partial charge in [-0.15, -0.1) is 0 Å². The molecule has 0 aliphatic rings. The van der Waals surface area contributed by atoms with Crippen LogP contribution in [0.3, 0.4) is 0 Å². The summed E-state index contributed by atoms with van der Waals surface area (Å²) in [6.45, 7) is 0. The van der Waals surface area contributed by atoms with Gasteiger partial charge in [-0.05, 0) is 29.3 Å². The van der Waals surface area contributed by atoms with Crippen LogP contribution in [0.1, 0.15) is 11.1 Å². The molecule has 0 spiro atoms. The average Bonchev–Trinajstić information content (AvgIpc) is 2.49. The van der Waals surface area contributed by atoms with Crippen molar-refractivity contribution in [2.75, 3.05) is 0 Å². The first-order valence-electron chi connectivity index (χ1n) is 6.31. The van der Waals surface area contributed by atoms with Crippen molar-refractivity contribution in [1.82, 2.24) is 0 Å². The van der Waals surface area contributed by atoms with Gasteiger partial charge in [-0.2, -0.15) is 5.26 Å². The summed E-state index contributed by atoms with van der Waals surface area (Å²) in [7, 11) is 0. The zero-order valence-corrected chi connectivity index (χ0v) is 11.2. The molecule has 2 aromatic rings. The van der Waals surface area contributed by atoms with Crippen molar-refractivity contribution in [3.05, 3.63) is 65.2 Å². The molecular weight excluding hydrogens is 266 g/mol. The van der Waals surface area contributed by atoms with E-state index in [0.717, 1.165) is 5.56 Å². The fraction of sp³-hybridized carbons (Fsp3) is 0.0588. The van der Waals surface area contributed by atoms with Crippen LogP contribution in [0, 0.1) is 11.3 Å². The molecule has 2 rings (SSSR count). The number of phenolic OH excluding ortho intramolecular Hbond substituents is 2. The Hall–Kier alpha value is -3.06. The second kappa shape index (κ2) is 6.40. The Morgan fingerprint density at radius 3 is 2.43 bits per heavy atom. The second-order valence-corrected chi connectivity index (χ2v) is 4.50. The molecule has 0 amide bonds. The number of hydrogen-bond donors (Lipinski definition) is 2. The Kier molecular flexibility index (Phi) is 4.37. The van der Waals surface area contributed by atoms with Gasteiger partial charge in [-0.3, -0.25) is 4.79 Å². The lowest BCUT2D eigenvalue weighted by Gasteiger charge is -2.02. The fourth-order valence-electron chi connectivity index (χ4n) is 1.85. The monoisotopic (exact) mass is 279 g/mol. The summed E-state index contributed by atoms with van der Waals surface area (Å²) in [5.74, 6) is -0.839. The van der Waals surface area contributed by atoms with E-state index in [9.17, 15) is 15.0 Å². The largest absolute Gasteiger partial charge is 0.504 e. The van der Waals surface area contributed by atoms with Gasteiger partial charge in [0, 0.05) is 6.42 Å². The van der Waals surface area contributed by atoms with Crippen LogP contribution >= 0.6 is 0 Å². The smallest absolute Gasteiger partial charge is 0.177 e. The number of rotatable bonds is 4. The van der Waals surface area contributed by atoms with Crippen LogP contribution in [0.15, 0.2) is 54.1 Å². The van der Waals surface area contributed by atoms with Crippen molar-refractivity contribution >= 4 is 11.9 Å². The lowest BCUT2D eigenvalue weighted by Crippen LogP contribution is -2.05. The standard InChI is InChI=1S/C17H13NO3/c18-11-14(8-13-6-7-15(19)17(21)10-13)16(20)9-12-4-2-1-3-5-12/h1-8,10,19,21H,9H2/b14-8+. The summed E-state index contributed by atoms with van der Waals surface area (Å²) in [5.41, 5.74) is 1.31. The third-order valence-electron chi connectivity index (χ3n) is 2.94. The van der Waals surface area contributed by atoms with E-state index in [1.807, 2.05) is 36.4 Å². The zero-order chi connectivity index (χ0) is 15.2. The molecule has 2 aromatic carbocycles. The quantitative estimate of drug-likeness (QED) is 0.512. The molecule has 0 aromatic heterocycles. The Bertz CT molecular complexity index is 727. The van der Waals surface area contributed by atoms with E-state index in [2.05, 4.69) is 0 Å². The van der Waals surface area contributed by atoms with Gasteiger partial charge in [0.2, 0.25) is 0 Å². The lowest BCUT2D eigenvalue weighted by atomic mass is 10.0. The van der Waals surface area contributed by atoms with Crippen molar-refractivity contribution in [2.24, 2.45) is 0 Å². The Labute approximate surface area is 122 Å². The fourth-order valence-corrected chi connectivity index (χ4v) is 1.85. The number of carbonyl (C=O) groups is 1. The maximum absolute atomic E-state index is 12.1. The molecule has 0 bridgehead atoms. The van der Waals surface area contributed by atoms with Crippen LogP contribution in [0.25, 0.3) is 6.08 Å². The lowest BCUT2D eigenvalue weighted by molar-refractivity contribution is -0.114. The molecule has 0 heterocycles. The molecule has 0 fully saturated rings. The summed E-state index contributed by atoms with van der Waals surface area (Å²) < 4.78 is 0. The molecule has 4 heteroatoms. The Balaban J connectivity index is 2.22. The molecule has 21 heavy (non-hydrogen) atoms. The highest BCUT2D eigenvalue weighted by molar-refractivity contribution is 6.04. The van der Waals surface area contributed by atoms with Gasteiger partial charge >= 0.3 is 0 Å². The number of Topliss-reactive ketones (excluding diaryl/α,β-unsaturated/α-hetero) is 1. The first-order valence-corrected chi connectivity index (χ1v) is 6.31. The summed E-state index contributed by atoms with van der Waals surface area (Å²) >= 11 is 0. The third kappa shape index (κ3) is 3.71. The van der Waals surface area contributed by atoms with E-state index in [4.69, 9.17) is 5.26 Å². The van der Waals surface area contributed by atoms with E-state index in [1.54, 1.807) is 0 Å². The van der Waals surface area contributed by atoms with Crippen LogP contribution in [0.4, 0.5) is 0 Å². The van der Waals surface area contributed by atoms with Crippen molar-refractivity contribution in [2.45, 2.75) is 6.42 Å². The Morgan fingerprint density at radius 2 is 1.81 bits per heavy atom. The van der Waals surface area contributed by atoms with Crippen LogP contribution in [0.2, 0.25) is 0 Å². The van der Waals surface area contributed by atoms with E-state index < -0.39 is 0 Å². The molecule has 0 atom stereocenters. The molecular formula is C17H13NO3. The number of allylic oxidation sites excluding steroid dienone is 1. The Morgan fingerprint density at radius 1 is 1.10 bits per heavy atom. The minimum Gasteiger partial charge on any atom is -0.504 e. The topological polar surface area (TPSA) is 81.3 Å². The molecule has 0 saturated carbocycles. The number of carbonyl (C=O) groups excluding carboxylic acids is 1. The normalized spacial score (nSPS) is 10.9. The molecule has 4 nitrogen and oxygen atoms in total. The van der Waals surface area contributed by atoms with Crippen molar-refractivity contribution in [1.29, 1.82) is 5.26 Å². The number of nitriles is 1. The molecule has 2 N–H and O–H groups in total. The number of nitrogens with zero attached hydrogens (tertiary/aromatic N) is 1. The first-order chi connectivity index (χ1) is 10.1. The van der Waals surface area contributed by atoms with Crippen molar-refractivity contribution < 1.29 is 15.0 Å². The third-order valence-corrected chi connectivity index (χ3v) is 2.94. The average molecular weight is 279 g/mol. The molecule has 0 saturated heterocycles. The number of benzene rings is 2. The van der Waals surface area contributed by atoms with E-state index in [0.29, 0.717) is 5.56 Å². The molecule has 0 unspecified atom stereocenters. The zero-order valence-electron chi connectivity index (χ0n) is 11.2. The van der Waals surface area contributed by atoms with Gasteiger partial charge in [-0.25, -0.2) is 0 Å². The number of aromatic hydroxyl groups is 2. The molecule has 104 valence electrons.